The van der Waals surface area contributed by atoms with Crippen molar-refractivity contribution in [2.45, 2.75) is 22.7 Å². The number of methoxy groups -OCH3 is 1. The molecule has 1 heterocycles. The number of ketones is 1. The predicted molar refractivity (Wildman–Crippen MR) is 132 cm³/mol. The SMILES string of the molecule is COc1ccc(C2Oc3ccccc3C(=O)C2(Sc2ccccc2)c2ccc(C)cc2)cc1. The van der Waals surface area contributed by atoms with E-state index in [2.05, 4.69) is 31.2 Å². The molecule has 0 spiro atoms. The minimum Gasteiger partial charge on any atom is -0.497 e. The van der Waals surface area contributed by atoms with E-state index in [1.165, 1.54) is 0 Å². The Kier molecular flexibility index (Phi) is 5.69. The van der Waals surface area contributed by atoms with Crippen molar-refractivity contribution in [3.63, 3.8) is 0 Å². The minimum absolute atomic E-state index is 0.0443. The molecule has 164 valence electrons. The summed E-state index contributed by atoms with van der Waals surface area (Å²) in [5, 5.41) is 0. The van der Waals surface area contributed by atoms with Gasteiger partial charge in [-0.2, -0.15) is 0 Å². The fourth-order valence-corrected chi connectivity index (χ4v) is 5.70. The lowest BCUT2D eigenvalue weighted by Crippen LogP contribution is -2.45. The molecule has 4 aromatic carbocycles. The molecule has 0 amide bonds. The Morgan fingerprint density at radius 3 is 2.18 bits per heavy atom. The number of ether oxygens (including phenoxy) is 2. The summed E-state index contributed by atoms with van der Waals surface area (Å²) < 4.78 is 11.0. The van der Waals surface area contributed by atoms with Crippen molar-refractivity contribution in [2.24, 2.45) is 0 Å². The lowest BCUT2D eigenvalue weighted by Gasteiger charge is -2.43. The molecule has 1 aliphatic rings. The van der Waals surface area contributed by atoms with Crippen LogP contribution in [0.25, 0.3) is 0 Å². The molecule has 2 unspecified atom stereocenters. The Bertz CT molecular complexity index is 1270. The zero-order valence-electron chi connectivity index (χ0n) is 18.5. The van der Waals surface area contributed by atoms with Crippen LogP contribution in [0, 0.1) is 6.92 Å². The van der Waals surface area contributed by atoms with E-state index in [0.29, 0.717) is 11.3 Å². The van der Waals surface area contributed by atoms with Gasteiger partial charge in [0.25, 0.3) is 0 Å². The van der Waals surface area contributed by atoms with Gasteiger partial charge in [0.15, 0.2) is 11.9 Å². The van der Waals surface area contributed by atoms with Gasteiger partial charge in [0.2, 0.25) is 0 Å². The van der Waals surface area contributed by atoms with Crippen molar-refractivity contribution in [3.05, 3.63) is 125 Å². The average molecular weight is 453 g/mol. The smallest absolute Gasteiger partial charge is 0.191 e. The maximum Gasteiger partial charge on any atom is 0.191 e. The molecule has 4 heteroatoms. The summed E-state index contributed by atoms with van der Waals surface area (Å²) in [7, 11) is 1.65. The van der Waals surface area contributed by atoms with Crippen LogP contribution in [-0.4, -0.2) is 12.9 Å². The van der Waals surface area contributed by atoms with Crippen molar-refractivity contribution in [1.82, 2.24) is 0 Å². The fourth-order valence-electron chi connectivity index (χ4n) is 4.28. The Hall–Kier alpha value is -3.50. The van der Waals surface area contributed by atoms with Crippen molar-refractivity contribution < 1.29 is 14.3 Å². The van der Waals surface area contributed by atoms with Crippen LogP contribution < -0.4 is 9.47 Å². The summed E-state index contributed by atoms with van der Waals surface area (Å²) in [5.41, 5.74) is 3.58. The number of Topliss-reactive ketones (excluding diaryl/α,β-unsaturated/α-hetero) is 1. The number of fused-ring (bicyclic) bond motifs is 1. The van der Waals surface area contributed by atoms with Gasteiger partial charge < -0.3 is 9.47 Å². The van der Waals surface area contributed by atoms with Gasteiger partial charge in [-0.1, -0.05) is 72.3 Å². The molecule has 0 radical (unpaired) electrons. The van der Waals surface area contributed by atoms with Crippen LogP contribution in [0.15, 0.2) is 108 Å². The summed E-state index contributed by atoms with van der Waals surface area (Å²) in [6, 6.07) is 33.6. The molecule has 5 rings (SSSR count). The van der Waals surface area contributed by atoms with Crippen molar-refractivity contribution >= 4 is 17.5 Å². The highest BCUT2D eigenvalue weighted by molar-refractivity contribution is 8.01. The molecule has 33 heavy (non-hydrogen) atoms. The fraction of sp³-hybridized carbons (Fsp3) is 0.138. The van der Waals surface area contributed by atoms with Crippen molar-refractivity contribution in [2.75, 3.05) is 7.11 Å². The standard InChI is InChI=1S/C29H24O3S/c1-20-12-16-22(17-13-20)29(33-24-8-4-3-5-9-24)27(30)25-10-6-7-11-26(25)32-28(29)21-14-18-23(31-2)19-15-21/h3-19,28H,1-2H3. The van der Waals surface area contributed by atoms with E-state index in [1.54, 1.807) is 18.9 Å². The largest absolute Gasteiger partial charge is 0.497 e. The first-order chi connectivity index (χ1) is 16.1. The van der Waals surface area contributed by atoms with E-state index in [-0.39, 0.29) is 5.78 Å². The third-order valence-corrected chi connectivity index (χ3v) is 7.47. The Labute approximate surface area is 198 Å². The van der Waals surface area contributed by atoms with Crippen molar-refractivity contribution in [3.8, 4) is 11.5 Å². The number of benzene rings is 4. The summed E-state index contributed by atoms with van der Waals surface area (Å²) in [5.74, 6) is 1.42. The number of hydrogen-bond acceptors (Lipinski definition) is 4. The second-order valence-electron chi connectivity index (χ2n) is 8.11. The zero-order chi connectivity index (χ0) is 22.8. The molecule has 4 aromatic rings. The zero-order valence-corrected chi connectivity index (χ0v) is 19.3. The summed E-state index contributed by atoms with van der Waals surface area (Å²) in [6.07, 6.45) is -0.529. The molecule has 0 saturated heterocycles. The average Bonchev–Trinajstić information content (AvgIpc) is 2.87. The van der Waals surface area contributed by atoms with Crippen LogP contribution in [0.5, 0.6) is 11.5 Å². The first kappa shape index (κ1) is 21.4. The highest BCUT2D eigenvalue weighted by Crippen LogP contribution is 2.57. The van der Waals surface area contributed by atoms with Gasteiger partial charge in [-0.05, 0) is 54.4 Å². The summed E-state index contributed by atoms with van der Waals surface area (Å²) >= 11 is 1.55. The van der Waals surface area contributed by atoms with Gasteiger partial charge >= 0.3 is 0 Å². The summed E-state index contributed by atoms with van der Waals surface area (Å²) in [6.45, 7) is 2.05. The molecule has 3 nitrogen and oxygen atoms in total. The Morgan fingerprint density at radius 2 is 1.48 bits per heavy atom. The molecule has 0 N–H and O–H groups in total. The third-order valence-electron chi connectivity index (χ3n) is 6.00. The molecule has 0 bridgehead atoms. The molecule has 0 saturated carbocycles. The normalized spacial score (nSPS) is 19.5. The molecule has 0 fully saturated rings. The van der Waals surface area contributed by atoms with E-state index in [9.17, 15) is 4.79 Å². The van der Waals surface area contributed by atoms with Crippen LogP contribution in [0.3, 0.4) is 0 Å². The number of rotatable bonds is 5. The summed E-state index contributed by atoms with van der Waals surface area (Å²) in [4.78, 5) is 15.4. The number of para-hydroxylation sites is 1. The van der Waals surface area contributed by atoms with Gasteiger partial charge in [-0.3, -0.25) is 4.79 Å². The molecular weight excluding hydrogens is 428 g/mol. The number of aryl methyl sites for hydroxylation is 1. The van der Waals surface area contributed by atoms with Crippen LogP contribution in [0.4, 0.5) is 0 Å². The van der Waals surface area contributed by atoms with E-state index in [4.69, 9.17) is 9.47 Å². The highest BCUT2D eigenvalue weighted by Gasteiger charge is 2.54. The number of hydrogen-bond donors (Lipinski definition) is 0. The Balaban J connectivity index is 1.77. The maximum absolute atomic E-state index is 14.4. The molecule has 1 aliphatic heterocycles. The lowest BCUT2D eigenvalue weighted by atomic mass is 9.79. The van der Waals surface area contributed by atoms with Crippen LogP contribution in [0.1, 0.15) is 33.2 Å². The number of carbonyl (C=O) groups excluding carboxylic acids is 1. The molecule has 0 aliphatic carbocycles. The van der Waals surface area contributed by atoms with Gasteiger partial charge in [0.05, 0.1) is 12.7 Å². The quantitative estimate of drug-likeness (QED) is 0.326. The third kappa shape index (κ3) is 3.81. The van der Waals surface area contributed by atoms with E-state index >= 15 is 0 Å². The van der Waals surface area contributed by atoms with Crippen LogP contribution >= 0.6 is 11.8 Å². The maximum atomic E-state index is 14.4. The van der Waals surface area contributed by atoms with Gasteiger partial charge in [0.1, 0.15) is 16.2 Å². The molecule has 2 atom stereocenters. The molecular formula is C29H24O3S. The predicted octanol–water partition coefficient (Wildman–Crippen LogP) is 7.01. The van der Waals surface area contributed by atoms with Crippen LogP contribution in [-0.2, 0) is 4.75 Å². The van der Waals surface area contributed by atoms with E-state index in [1.807, 2.05) is 78.9 Å². The van der Waals surface area contributed by atoms with E-state index in [0.717, 1.165) is 27.3 Å². The van der Waals surface area contributed by atoms with Gasteiger partial charge in [0, 0.05) is 4.90 Å². The van der Waals surface area contributed by atoms with Crippen LogP contribution in [0.2, 0.25) is 0 Å². The molecule has 0 aromatic heterocycles. The highest BCUT2D eigenvalue weighted by atomic mass is 32.2. The lowest BCUT2D eigenvalue weighted by molar-refractivity contribution is 0.0727. The first-order valence-electron chi connectivity index (χ1n) is 10.9. The topological polar surface area (TPSA) is 35.5 Å². The first-order valence-corrected chi connectivity index (χ1v) is 11.7. The second-order valence-corrected chi connectivity index (χ2v) is 9.43. The monoisotopic (exact) mass is 452 g/mol. The minimum atomic E-state index is -1.00. The number of thioether (sulfide) groups is 1. The Morgan fingerprint density at radius 1 is 0.818 bits per heavy atom. The van der Waals surface area contributed by atoms with Crippen molar-refractivity contribution in [1.29, 1.82) is 0 Å². The van der Waals surface area contributed by atoms with Gasteiger partial charge in [-0.25, -0.2) is 0 Å². The van der Waals surface area contributed by atoms with E-state index < -0.39 is 10.9 Å². The number of carbonyl (C=O) groups is 1. The van der Waals surface area contributed by atoms with Gasteiger partial charge in [-0.15, -0.1) is 11.8 Å². The second kappa shape index (κ2) is 8.80.